The summed E-state index contributed by atoms with van der Waals surface area (Å²) in [5, 5.41) is 29.1. The molecular formula is C11H11N3O. The second kappa shape index (κ2) is 5.64. The average molecular weight is 201 g/mol. The maximum absolute atomic E-state index is 8.78. The Morgan fingerprint density at radius 2 is 1.93 bits per heavy atom. The summed E-state index contributed by atoms with van der Waals surface area (Å²) < 4.78 is 0. The van der Waals surface area contributed by atoms with Crippen molar-refractivity contribution in [2.45, 2.75) is 6.42 Å². The highest BCUT2D eigenvalue weighted by Gasteiger charge is 2.01. The molecule has 0 atom stereocenters. The summed E-state index contributed by atoms with van der Waals surface area (Å²) in [6, 6.07) is 8.91. The van der Waals surface area contributed by atoms with Crippen molar-refractivity contribution in [2.24, 2.45) is 0 Å². The smallest absolute Gasteiger partial charge is 0.101 e. The molecule has 4 nitrogen and oxygen atoms in total. The van der Waals surface area contributed by atoms with Crippen LogP contribution in [0.5, 0.6) is 0 Å². The Morgan fingerprint density at radius 3 is 2.53 bits per heavy atom. The maximum Gasteiger partial charge on any atom is 0.101 e. The second-order valence-corrected chi connectivity index (χ2v) is 2.99. The topological polar surface area (TPSA) is 79.8 Å². The first-order valence-electron chi connectivity index (χ1n) is 4.61. The van der Waals surface area contributed by atoms with Crippen LogP contribution in [-0.4, -0.2) is 18.3 Å². The van der Waals surface area contributed by atoms with Gasteiger partial charge < -0.3 is 10.4 Å². The van der Waals surface area contributed by atoms with Crippen LogP contribution < -0.4 is 5.32 Å². The number of aliphatic hydroxyl groups excluding tert-OH is 1. The van der Waals surface area contributed by atoms with Crippen LogP contribution in [0.3, 0.4) is 0 Å². The minimum absolute atomic E-state index is 0.133. The van der Waals surface area contributed by atoms with Crippen molar-refractivity contribution in [1.82, 2.24) is 0 Å². The van der Waals surface area contributed by atoms with E-state index in [4.69, 9.17) is 15.6 Å². The quantitative estimate of drug-likeness (QED) is 0.718. The number of hydrogen-bond donors (Lipinski definition) is 2. The molecule has 0 saturated carbocycles. The average Bonchev–Trinajstić information content (AvgIpc) is 2.29. The lowest BCUT2D eigenvalue weighted by Crippen LogP contribution is -2.03. The van der Waals surface area contributed by atoms with Crippen LogP contribution in [0, 0.1) is 22.7 Å². The molecule has 1 aromatic rings. The van der Waals surface area contributed by atoms with E-state index in [2.05, 4.69) is 5.32 Å². The number of hydrogen-bond acceptors (Lipinski definition) is 4. The van der Waals surface area contributed by atoms with E-state index in [1.165, 1.54) is 0 Å². The fraction of sp³-hybridized carbons (Fsp3) is 0.273. The second-order valence-electron chi connectivity index (χ2n) is 2.99. The number of nitriles is 2. The van der Waals surface area contributed by atoms with Gasteiger partial charge in [-0.25, -0.2) is 0 Å². The summed E-state index contributed by atoms with van der Waals surface area (Å²) in [6.45, 7) is 0.779. The number of anilines is 1. The van der Waals surface area contributed by atoms with Gasteiger partial charge in [-0.1, -0.05) is 0 Å². The standard InChI is InChI=1S/C11H11N3O/c12-7-9-2-3-11(6-10(9)8-13)14-4-1-5-15/h2-3,6,14-15H,1,4-5H2. The molecule has 0 spiro atoms. The van der Waals surface area contributed by atoms with Crippen LogP contribution in [0.1, 0.15) is 17.5 Å². The number of nitrogens with one attached hydrogen (secondary N) is 1. The third kappa shape index (κ3) is 2.98. The molecule has 0 unspecified atom stereocenters. The molecule has 0 radical (unpaired) electrons. The van der Waals surface area contributed by atoms with Gasteiger partial charge >= 0.3 is 0 Å². The van der Waals surface area contributed by atoms with Gasteiger partial charge in [-0.2, -0.15) is 10.5 Å². The molecule has 0 aromatic heterocycles. The minimum Gasteiger partial charge on any atom is -0.396 e. The van der Waals surface area contributed by atoms with E-state index in [9.17, 15) is 0 Å². The molecule has 0 amide bonds. The van der Waals surface area contributed by atoms with Crippen LogP contribution in [0.25, 0.3) is 0 Å². The number of aliphatic hydroxyl groups is 1. The number of rotatable bonds is 4. The molecule has 0 aliphatic heterocycles. The van der Waals surface area contributed by atoms with E-state index in [0.29, 0.717) is 24.1 Å². The first-order valence-corrected chi connectivity index (χ1v) is 4.61. The van der Waals surface area contributed by atoms with E-state index in [0.717, 1.165) is 5.69 Å². The van der Waals surface area contributed by atoms with E-state index >= 15 is 0 Å². The van der Waals surface area contributed by atoms with Gasteiger partial charge in [0.15, 0.2) is 0 Å². The molecule has 1 aromatic carbocycles. The molecular weight excluding hydrogens is 190 g/mol. The first kappa shape index (κ1) is 11.0. The third-order valence-electron chi connectivity index (χ3n) is 1.92. The van der Waals surface area contributed by atoms with Crippen molar-refractivity contribution in [1.29, 1.82) is 10.5 Å². The van der Waals surface area contributed by atoms with Crippen molar-refractivity contribution in [3.8, 4) is 12.1 Å². The zero-order chi connectivity index (χ0) is 11.1. The van der Waals surface area contributed by atoms with Crippen molar-refractivity contribution >= 4 is 5.69 Å². The monoisotopic (exact) mass is 201 g/mol. The predicted octanol–water partition coefficient (Wildman–Crippen LogP) is 1.22. The van der Waals surface area contributed by atoms with E-state index in [-0.39, 0.29) is 6.61 Å². The summed E-state index contributed by atoms with van der Waals surface area (Å²) in [5.74, 6) is 0. The van der Waals surface area contributed by atoms with Gasteiger partial charge in [0.2, 0.25) is 0 Å². The normalized spacial score (nSPS) is 9.00. The molecule has 4 heteroatoms. The Balaban J connectivity index is 2.77. The maximum atomic E-state index is 8.78. The Labute approximate surface area is 88.4 Å². The SMILES string of the molecule is N#Cc1ccc(NCCCO)cc1C#N. The van der Waals surface area contributed by atoms with E-state index in [1.54, 1.807) is 18.2 Å². The van der Waals surface area contributed by atoms with Crippen LogP contribution in [0.2, 0.25) is 0 Å². The summed E-state index contributed by atoms with van der Waals surface area (Å²) in [7, 11) is 0. The molecule has 15 heavy (non-hydrogen) atoms. The fourth-order valence-electron chi connectivity index (χ4n) is 1.16. The Morgan fingerprint density at radius 1 is 1.20 bits per heavy atom. The molecule has 0 aliphatic rings. The Bertz CT molecular complexity index is 415. The van der Waals surface area contributed by atoms with Crippen molar-refractivity contribution in [2.75, 3.05) is 18.5 Å². The largest absolute Gasteiger partial charge is 0.396 e. The molecule has 0 saturated heterocycles. The third-order valence-corrected chi connectivity index (χ3v) is 1.92. The predicted molar refractivity (Wildman–Crippen MR) is 56.1 cm³/mol. The van der Waals surface area contributed by atoms with Gasteiger partial charge in [0.1, 0.15) is 12.1 Å². The van der Waals surface area contributed by atoms with Gasteiger partial charge in [-0.05, 0) is 24.6 Å². The van der Waals surface area contributed by atoms with Gasteiger partial charge in [0, 0.05) is 18.8 Å². The van der Waals surface area contributed by atoms with Gasteiger partial charge in [0.25, 0.3) is 0 Å². The summed E-state index contributed by atoms with van der Waals surface area (Å²) in [4.78, 5) is 0. The fourth-order valence-corrected chi connectivity index (χ4v) is 1.16. The minimum atomic E-state index is 0.133. The van der Waals surface area contributed by atoms with Gasteiger partial charge in [0.05, 0.1) is 11.1 Å². The molecule has 2 N–H and O–H groups in total. The lowest BCUT2D eigenvalue weighted by molar-refractivity contribution is 0.292. The zero-order valence-electron chi connectivity index (χ0n) is 8.20. The molecule has 0 aliphatic carbocycles. The Kier molecular flexibility index (Phi) is 4.15. The van der Waals surface area contributed by atoms with Crippen LogP contribution in [0.15, 0.2) is 18.2 Å². The lowest BCUT2D eigenvalue weighted by Gasteiger charge is -2.05. The zero-order valence-corrected chi connectivity index (χ0v) is 8.20. The van der Waals surface area contributed by atoms with E-state index in [1.807, 2.05) is 12.1 Å². The Hall–Kier alpha value is -2.04. The number of benzene rings is 1. The van der Waals surface area contributed by atoms with Crippen LogP contribution >= 0.6 is 0 Å². The molecule has 76 valence electrons. The molecule has 0 fully saturated rings. The summed E-state index contributed by atoms with van der Waals surface area (Å²) in [6.07, 6.45) is 0.655. The molecule has 1 rings (SSSR count). The first-order chi connectivity index (χ1) is 7.31. The highest BCUT2D eigenvalue weighted by atomic mass is 16.3. The highest BCUT2D eigenvalue weighted by Crippen LogP contribution is 2.14. The highest BCUT2D eigenvalue weighted by molar-refractivity contribution is 5.56. The lowest BCUT2D eigenvalue weighted by atomic mass is 10.1. The molecule has 0 bridgehead atoms. The van der Waals surface area contributed by atoms with Crippen LogP contribution in [-0.2, 0) is 0 Å². The van der Waals surface area contributed by atoms with Crippen LogP contribution in [0.4, 0.5) is 5.69 Å². The summed E-state index contributed by atoms with van der Waals surface area (Å²) in [5.41, 5.74) is 1.54. The van der Waals surface area contributed by atoms with Crippen molar-refractivity contribution < 1.29 is 5.11 Å². The van der Waals surface area contributed by atoms with Gasteiger partial charge in [-0.15, -0.1) is 0 Å². The van der Waals surface area contributed by atoms with E-state index < -0.39 is 0 Å². The van der Waals surface area contributed by atoms with Crippen molar-refractivity contribution in [3.63, 3.8) is 0 Å². The van der Waals surface area contributed by atoms with Gasteiger partial charge in [-0.3, -0.25) is 0 Å². The number of nitrogens with zero attached hydrogens (tertiary/aromatic N) is 2. The summed E-state index contributed by atoms with van der Waals surface area (Å²) >= 11 is 0. The molecule has 0 heterocycles. The van der Waals surface area contributed by atoms with Crippen molar-refractivity contribution in [3.05, 3.63) is 29.3 Å².